The summed E-state index contributed by atoms with van der Waals surface area (Å²) in [6.07, 6.45) is 0.895. The summed E-state index contributed by atoms with van der Waals surface area (Å²) in [5.74, 6) is -0.0585. The van der Waals surface area contributed by atoms with Crippen LogP contribution in [-0.4, -0.2) is 56.8 Å². The Balaban J connectivity index is 0.000000501. The summed E-state index contributed by atoms with van der Waals surface area (Å²) in [5, 5.41) is 18.2. The van der Waals surface area contributed by atoms with Gasteiger partial charge in [0.2, 0.25) is 12.5 Å². The summed E-state index contributed by atoms with van der Waals surface area (Å²) >= 11 is 0. The predicted molar refractivity (Wildman–Crippen MR) is 109 cm³/mol. The maximum Gasteiger partial charge on any atom is 0.414 e. The number of methoxy groups -OCH3 is 3. The van der Waals surface area contributed by atoms with Gasteiger partial charge in [0.25, 0.3) is 0 Å². The molecule has 1 aliphatic rings. The predicted octanol–water partition coefficient (Wildman–Crippen LogP) is 1.93. The summed E-state index contributed by atoms with van der Waals surface area (Å²) in [7, 11) is 4.85. The minimum absolute atomic E-state index is 0.302. The van der Waals surface area contributed by atoms with Gasteiger partial charge in [0.05, 0.1) is 21.3 Å². The summed E-state index contributed by atoms with van der Waals surface area (Å²) in [6.45, 7) is 1.81. The zero-order valence-corrected chi connectivity index (χ0v) is 17.5. The number of carboxylic acids is 2. The van der Waals surface area contributed by atoms with Crippen LogP contribution in [-0.2, 0) is 22.6 Å². The average Bonchev–Trinajstić information content (AvgIpc) is 3.24. The molecule has 31 heavy (non-hydrogen) atoms. The highest BCUT2D eigenvalue weighted by Gasteiger charge is 2.16. The van der Waals surface area contributed by atoms with E-state index in [1.807, 2.05) is 24.3 Å². The van der Waals surface area contributed by atoms with E-state index in [1.165, 1.54) is 5.56 Å². The van der Waals surface area contributed by atoms with Gasteiger partial charge in [-0.1, -0.05) is 12.1 Å². The number of ether oxygens (including phenoxy) is 5. The van der Waals surface area contributed by atoms with E-state index in [2.05, 4.69) is 11.4 Å². The van der Waals surface area contributed by atoms with Crippen LogP contribution in [0.15, 0.2) is 30.3 Å². The number of hydrogen-bond acceptors (Lipinski definition) is 8. The SMILES string of the molecule is COc1ccc(CNCCc2ccc3c(c2)OCO3)c(OC)c1OC.O=C(O)C(=O)O. The lowest BCUT2D eigenvalue weighted by Crippen LogP contribution is -2.17. The Labute approximate surface area is 179 Å². The molecule has 2 aromatic carbocycles. The number of carbonyl (C=O) groups is 2. The molecule has 3 rings (SSSR count). The molecule has 0 atom stereocenters. The lowest BCUT2D eigenvalue weighted by molar-refractivity contribution is -0.159. The van der Waals surface area contributed by atoms with Crippen molar-refractivity contribution in [1.82, 2.24) is 5.32 Å². The fourth-order valence-corrected chi connectivity index (χ4v) is 2.85. The number of carboxylic acid groups (broad SMARTS) is 2. The van der Waals surface area contributed by atoms with Gasteiger partial charge in [0, 0.05) is 12.1 Å². The highest BCUT2D eigenvalue weighted by Crippen LogP contribution is 2.39. The van der Waals surface area contributed by atoms with E-state index >= 15 is 0 Å². The van der Waals surface area contributed by atoms with Gasteiger partial charge in [0.1, 0.15) is 0 Å². The van der Waals surface area contributed by atoms with Crippen molar-refractivity contribution < 1.29 is 43.5 Å². The van der Waals surface area contributed by atoms with Crippen LogP contribution in [0.1, 0.15) is 11.1 Å². The van der Waals surface area contributed by atoms with Crippen LogP contribution >= 0.6 is 0 Å². The molecule has 3 N–H and O–H groups in total. The molecule has 0 amide bonds. The standard InChI is InChI=1S/C19H23NO5.C2H2O4/c1-21-16-7-5-14(18(22-2)19(16)23-3)11-20-9-8-13-4-6-15-17(10-13)25-12-24-15;3-1(4)2(5)6/h4-7,10,20H,8-9,11-12H2,1-3H3;(H,3,4)(H,5,6). The molecule has 0 saturated heterocycles. The molecule has 0 aliphatic carbocycles. The number of benzene rings is 2. The third kappa shape index (κ3) is 6.41. The van der Waals surface area contributed by atoms with Crippen LogP contribution in [0.25, 0.3) is 0 Å². The van der Waals surface area contributed by atoms with E-state index < -0.39 is 11.9 Å². The van der Waals surface area contributed by atoms with Crippen LogP contribution < -0.4 is 29.0 Å². The van der Waals surface area contributed by atoms with E-state index in [1.54, 1.807) is 21.3 Å². The second-order valence-electron chi connectivity index (χ2n) is 6.22. The van der Waals surface area contributed by atoms with Crippen LogP contribution in [0.2, 0.25) is 0 Å². The Morgan fingerprint density at radius 1 is 0.935 bits per heavy atom. The van der Waals surface area contributed by atoms with Gasteiger partial charge in [-0.3, -0.25) is 0 Å². The second kappa shape index (κ2) is 11.5. The average molecular weight is 435 g/mol. The third-order valence-corrected chi connectivity index (χ3v) is 4.31. The molecule has 1 aliphatic heterocycles. The van der Waals surface area contributed by atoms with Crippen molar-refractivity contribution in [2.75, 3.05) is 34.7 Å². The molecule has 168 valence electrons. The summed E-state index contributed by atoms with van der Waals surface area (Å²) in [4.78, 5) is 18.2. The maximum absolute atomic E-state index is 9.10. The molecule has 2 aromatic rings. The Morgan fingerprint density at radius 3 is 2.23 bits per heavy atom. The summed E-state index contributed by atoms with van der Waals surface area (Å²) < 4.78 is 27.0. The molecule has 10 nitrogen and oxygen atoms in total. The van der Waals surface area contributed by atoms with Crippen LogP contribution in [0, 0.1) is 0 Å². The zero-order chi connectivity index (χ0) is 22.8. The molecule has 0 aromatic heterocycles. The zero-order valence-electron chi connectivity index (χ0n) is 17.5. The third-order valence-electron chi connectivity index (χ3n) is 4.31. The van der Waals surface area contributed by atoms with Crippen molar-refractivity contribution in [2.24, 2.45) is 0 Å². The van der Waals surface area contributed by atoms with Gasteiger partial charge in [0.15, 0.2) is 23.0 Å². The van der Waals surface area contributed by atoms with Crippen molar-refractivity contribution in [3.8, 4) is 28.7 Å². The van der Waals surface area contributed by atoms with Gasteiger partial charge in [-0.2, -0.15) is 0 Å². The summed E-state index contributed by atoms with van der Waals surface area (Å²) in [5.41, 5.74) is 2.22. The van der Waals surface area contributed by atoms with Crippen LogP contribution in [0.3, 0.4) is 0 Å². The maximum atomic E-state index is 9.10. The number of nitrogens with one attached hydrogen (secondary N) is 1. The minimum Gasteiger partial charge on any atom is -0.493 e. The van der Waals surface area contributed by atoms with E-state index in [0.29, 0.717) is 30.6 Å². The van der Waals surface area contributed by atoms with E-state index in [0.717, 1.165) is 30.0 Å². The lowest BCUT2D eigenvalue weighted by Gasteiger charge is -2.16. The highest BCUT2D eigenvalue weighted by atomic mass is 16.7. The molecule has 0 radical (unpaired) electrons. The van der Waals surface area contributed by atoms with Crippen LogP contribution in [0.5, 0.6) is 28.7 Å². The van der Waals surface area contributed by atoms with Gasteiger partial charge >= 0.3 is 11.9 Å². The van der Waals surface area contributed by atoms with Gasteiger partial charge in [-0.05, 0) is 36.7 Å². The van der Waals surface area contributed by atoms with Gasteiger partial charge < -0.3 is 39.2 Å². The normalized spacial score (nSPS) is 11.2. The van der Waals surface area contributed by atoms with Crippen molar-refractivity contribution in [2.45, 2.75) is 13.0 Å². The molecule has 1 heterocycles. The largest absolute Gasteiger partial charge is 0.493 e. The topological polar surface area (TPSA) is 133 Å². The van der Waals surface area contributed by atoms with Crippen molar-refractivity contribution >= 4 is 11.9 Å². The summed E-state index contributed by atoms with van der Waals surface area (Å²) in [6, 6.07) is 9.91. The minimum atomic E-state index is -1.82. The molecular formula is C21H25NO9. The van der Waals surface area contributed by atoms with Crippen molar-refractivity contribution in [3.05, 3.63) is 41.5 Å². The van der Waals surface area contributed by atoms with Gasteiger partial charge in [-0.25, -0.2) is 9.59 Å². The fourth-order valence-electron chi connectivity index (χ4n) is 2.85. The fraction of sp³-hybridized carbons (Fsp3) is 0.333. The first kappa shape index (κ1) is 23.6. The molecule has 0 spiro atoms. The van der Waals surface area contributed by atoms with E-state index in [-0.39, 0.29) is 0 Å². The Hall–Kier alpha value is -3.66. The molecule has 0 unspecified atom stereocenters. The van der Waals surface area contributed by atoms with Crippen molar-refractivity contribution in [1.29, 1.82) is 0 Å². The second-order valence-corrected chi connectivity index (χ2v) is 6.22. The van der Waals surface area contributed by atoms with Crippen LogP contribution in [0.4, 0.5) is 0 Å². The Bertz CT molecular complexity index is 902. The molecule has 0 saturated carbocycles. The smallest absolute Gasteiger partial charge is 0.414 e. The molecular weight excluding hydrogens is 410 g/mol. The first-order valence-corrected chi connectivity index (χ1v) is 9.24. The number of fused-ring (bicyclic) bond motifs is 1. The molecule has 0 bridgehead atoms. The first-order valence-electron chi connectivity index (χ1n) is 9.24. The highest BCUT2D eigenvalue weighted by molar-refractivity contribution is 6.27. The number of aliphatic carboxylic acids is 2. The lowest BCUT2D eigenvalue weighted by atomic mass is 10.1. The molecule has 0 fully saturated rings. The van der Waals surface area contributed by atoms with E-state index in [9.17, 15) is 0 Å². The quantitative estimate of drug-likeness (QED) is 0.417. The first-order chi connectivity index (χ1) is 14.9. The number of hydrogen-bond donors (Lipinski definition) is 3. The number of rotatable bonds is 8. The Kier molecular flexibility index (Phi) is 8.77. The molecule has 10 heteroatoms. The Morgan fingerprint density at radius 2 is 1.61 bits per heavy atom. The monoisotopic (exact) mass is 435 g/mol. The van der Waals surface area contributed by atoms with Gasteiger partial charge in [-0.15, -0.1) is 0 Å². The van der Waals surface area contributed by atoms with E-state index in [4.69, 9.17) is 43.5 Å². The van der Waals surface area contributed by atoms with Crippen molar-refractivity contribution in [3.63, 3.8) is 0 Å².